The van der Waals surface area contributed by atoms with Crippen LogP contribution in [0.25, 0.3) is 0 Å². The number of carbonyl (C=O) groups excluding carboxylic acids is 2. The number of ketones is 2. The first kappa shape index (κ1) is 9.88. The van der Waals surface area contributed by atoms with Crippen molar-refractivity contribution in [2.24, 2.45) is 23.7 Å². The normalized spacial score (nSPS) is 43.6. The van der Waals surface area contributed by atoms with E-state index in [0.717, 1.165) is 12.8 Å². The predicted molar refractivity (Wildman–Crippen MR) is 53.8 cm³/mol. The van der Waals surface area contributed by atoms with Crippen LogP contribution >= 0.6 is 0 Å². The Hall–Kier alpha value is -0.660. The third kappa shape index (κ3) is 1.51. The molecule has 2 fully saturated rings. The number of hydrogen-bond donors (Lipinski definition) is 0. The molecular weight excluding hydrogens is 176 g/mol. The van der Waals surface area contributed by atoms with Gasteiger partial charge in [-0.15, -0.1) is 0 Å². The Morgan fingerprint density at radius 3 is 2.57 bits per heavy atom. The molecule has 4 atom stereocenters. The molecule has 2 aliphatic carbocycles. The van der Waals surface area contributed by atoms with E-state index >= 15 is 0 Å². The van der Waals surface area contributed by atoms with Crippen LogP contribution in [0.3, 0.4) is 0 Å². The summed E-state index contributed by atoms with van der Waals surface area (Å²) in [6.45, 7) is 4.31. The van der Waals surface area contributed by atoms with Gasteiger partial charge < -0.3 is 0 Å². The number of fused-ring (bicyclic) bond motifs is 1. The second-order valence-electron chi connectivity index (χ2n) is 5.16. The number of Topliss-reactive ketones (excluding diaryl/α,β-unsaturated/α-hetero) is 2. The lowest BCUT2D eigenvalue weighted by Crippen LogP contribution is -2.43. The Morgan fingerprint density at radius 1 is 1.14 bits per heavy atom. The maximum Gasteiger partial charge on any atom is 0.201 e. The highest BCUT2D eigenvalue weighted by Crippen LogP contribution is 2.42. The van der Waals surface area contributed by atoms with Crippen molar-refractivity contribution in [2.75, 3.05) is 0 Å². The minimum absolute atomic E-state index is 0.0648. The molecule has 0 amide bonds. The molecule has 0 aromatic heterocycles. The predicted octanol–water partition coefficient (Wildman–Crippen LogP) is 2.22. The minimum Gasteiger partial charge on any atom is -0.291 e. The Balaban J connectivity index is 2.19. The summed E-state index contributed by atoms with van der Waals surface area (Å²) in [6, 6.07) is 0. The van der Waals surface area contributed by atoms with Crippen LogP contribution in [0.1, 0.15) is 39.5 Å². The van der Waals surface area contributed by atoms with Crippen molar-refractivity contribution < 1.29 is 9.59 Å². The molecule has 78 valence electrons. The molecule has 2 aliphatic rings. The van der Waals surface area contributed by atoms with Crippen molar-refractivity contribution in [1.29, 1.82) is 0 Å². The van der Waals surface area contributed by atoms with Crippen molar-refractivity contribution in [3.63, 3.8) is 0 Å². The smallest absolute Gasteiger partial charge is 0.201 e. The van der Waals surface area contributed by atoms with Gasteiger partial charge in [0, 0.05) is 12.3 Å². The van der Waals surface area contributed by atoms with Gasteiger partial charge in [0.25, 0.3) is 0 Å². The molecule has 2 saturated carbocycles. The summed E-state index contributed by atoms with van der Waals surface area (Å²) in [4.78, 5) is 23.1. The second kappa shape index (κ2) is 3.48. The Kier molecular flexibility index (Phi) is 2.46. The van der Waals surface area contributed by atoms with Crippen LogP contribution in [0, 0.1) is 23.7 Å². The van der Waals surface area contributed by atoms with E-state index in [0.29, 0.717) is 24.2 Å². The first-order valence-electron chi connectivity index (χ1n) is 5.66. The fourth-order valence-corrected chi connectivity index (χ4v) is 3.14. The van der Waals surface area contributed by atoms with Crippen LogP contribution in [-0.4, -0.2) is 11.6 Å². The summed E-state index contributed by atoms with van der Waals surface area (Å²) in [5.41, 5.74) is 0. The molecule has 2 rings (SSSR count). The molecule has 0 spiro atoms. The van der Waals surface area contributed by atoms with E-state index in [1.54, 1.807) is 0 Å². The van der Waals surface area contributed by atoms with Crippen molar-refractivity contribution in [2.45, 2.75) is 39.5 Å². The Morgan fingerprint density at radius 2 is 1.86 bits per heavy atom. The monoisotopic (exact) mass is 194 g/mol. The average molecular weight is 194 g/mol. The van der Waals surface area contributed by atoms with Gasteiger partial charge >= 0.3 is 0 Å². The molecule has 0 N–H and O–H groups in total. The lowest BCUT2D eigenvalue weighted by Gasteiger charge is -2.40. The Bertz CT molecular complexity index is 269. The molecule has 0 saturated heterocycles. The van der Waals surface area contributed by atoms with E-state index < -0.39 is 0 Å². The fourth-order valence-electron chi connectivity index (χ4n) is 3.14. The maximum atomic E-state index is 11.7. The second-order valence-corrected chi connectivity index (χ2v) is 5.16. The molecule has 0 aromatic rings. The van der Waals surface area contributed by atoms with Gasteiger partial charge in [0.2, 0.25) is 5.78 Å². The summed E-state index contributed by atoms with van der Waals surface area (Å²) in [7, 11) is 0. The highest BCUT2D eigenvalue weighted by Gasteiger charge is 2.43. The van der Waals surface area contributed by atoms with Gasteiger partial charge in [0.15, 0.2) is 5.78 Å². The molecule has 4 unspecified atom stereocenters. The van der Waals surface area contributed by atoms with E-state index in [1.807, 2.05) is 0 Å². The third-order valence-corrected chi connectivity index (χ3v) is 4.02. The molecule has 2 nitrogen and oxygen atoms in total. The van der Waals surface area contributed by atoms with Gasteiger partial charge in [0.1, 0.15) is 0 Å². The molecule has 0 heterocycles. The summed E-state index contributed by atoms with van der Waals surface area (Å²) in [5, 5.41) is 0. The van der Waals surface area contributed by atoms with Crippen LogP contribution < -0.4 is 0 Å². The zero-order valence-electron chi connectivity index (χ0n) is 8.95. The molecule has 0 bridgehead atoms. The third-order valence-electron chi connectivity index (χ3n) is 4.02. The van der Waals surface area contributed by atoms with Crippen molar-refractivity contribution in [3.8, 4) is 0 Å². The van der Waals surface area contributed by atoms with E-state index in [4.69, 9.17) is 0 Å². The molecular formula is C12H18O2. The SMILES string of the molecule is CC1CCC2C(C)CC(=O)C(=O)C2C1. The van der Waals surface area contributed by atoms with Gasteiger partial charge in [-0.25, -0.2) is 0 Å². The first-order chi connectivity index (χ1) is 6.59. The zero-order valence-corrected chi connectivity index (χ0v) is 8.95. The van der Waals surface area contributed by atoms with Gasteiger partial charge in [-0.2, -0.15) is 0 Å². The molecule has 14 heavy (non-hydrogen) atoms. The van der Waals surface area contributed by atoms with Crippen molar-refractivity contribution in [1.82, 2.24) is 0 Å². The van der Waals surface area contributed by atoms with Crippen LogP contribution in [0.4, 0.5) is 0 Å². The largest absolute Gasteiger partial charge is 0.291 e. The van der Waals surface area contributed by atoms with Crippen molar-refractivity contribution >= 4 is 11.6 Å². The van der Waals surface area contributed by atoms with Crippen LogP contribution in [0.2, 0.25) is 0 Å². The van der Waals surface area contributed by atoms with E-state index in [9.17, 15) is 9.59 Å². The van der Waals surface area contributed by atoms with Crippen molar-refractivity contribution in [3.05, 3.63) is 0 Å². The zero-order chi connectivity index (χ0) is 10.3. The van der Waals surface area contributed by atoms with Crippen LogP contribution in [0.15, 0.2) is 0 Å². The lowest BCUT2D eigenvalue weighted by atomic mass is 9.63. The van der Waals surface area contributed by atoms with Gasteiger partial charge in [0.05, 0.1) is 0 Å². The Labute approximate surface area is 85.1 Å². The fraction of sp³-hybridized carbons (Fsp3) is 0.833. The lowest BCUT2D eigenvalue weighted by molar-refractivity contribution is -0.146. The van der Waals surface area contributed by atoms with Gasteiger partial charge in [-0.1, -0.05) is 20.3 Å². The number of hydrogen-bond acceptors (Lipinski definition) is 2. The standard InChI is InChI=1S/C12H18O2/c1-7-3-4-9-8(2)6-11(13)12(14)10(9)5-7/h7-10H,3-6H2,1-2H3. The van der Waals surface area contributed by atoms with Gasteiger partial charge in [-0.05, 0) is 30.6 Å². The van der Waals surface area contributed by atoms with Crippen LogP contribution in [-0.2, 0) is 9.59 Å². The minimum atomic E-state index is -0.118. The number of carbonyl (C=O) groups is 2. The molecule has 2 heteroatoms. The summed E-state index contributed by atoms with van der Waals surface area (Å²) >= 11 is 0. The summed E-state index contributed by atoms with van der Waals surface area (Å²) < 4.78 is 0. The highest BCUT2D eigenvalue weighted by molar-refractivity contribution is 6.38. The molecule has 0 radical (unpaired) electrons. The maximum absolute atomic E-state index is 11.7. The number of rotatable bonds is 0. The molecule has 0 aliphatic heterocycles. The van der Waals surface area contributed by atoms with Crippen LogP contribution in [0.5, 0.6) is 0 Å². The highest BCUT2D eigenvalue weighted by atomic mass is 16.2. The first-order valence-corrected chi connectivity index (χ1v) is 5.66. The average Bonchev–Trinajstić information content (AvgIpc) is 2.14. The molecule has 0 aromatic carbocycles. The summed E-state index contributed by atoms with van der Waals surface area (Å²) in [5.74, 6) is 1.43. The topological polar surface area (TPSA) is 34.1 Å². The van der Waals surface area contributed by atoms with E-state index in [1.165, 1.54) is 6.42 Å². The summed E-state index contributed by atoms with van der Waals surface area (Å²) in [6.07, 6.45) is 3.81. The van der Waals surface area contributed by atoms with E-state index in [-0.39, 0.29) is 17.5 Å². The van der Waals surface area contributed by atoms with E-state index in [2.05, 4.69) is 13.8 Å². The quantitative estimate of drug-likeness (QED) is 0.554. The van der Waals surface area contributed by atoms with Gasteiger partial charge in [-0.3, -0.25) is 9.59 Å².